The molecule has 19 heavy (non-hydrogen) atoms. The van der Waals surface area contributed by atoms with Crippen LogP contribution in [0.1, 0.15) is 65.7 Å². The smallest absolute Gasteiger partial charge is 0.308 e. The molecule has 0 fully saturated rings. The zero-order valence-electron chi connectivity index (χ0n) is 12.4. The molecule has 0 aromatic carbocycles. The molecule has 4 nitrogen and oxygen atoms in total. The van der Waals surface area contributed by atoms with Crippen LogP contribution >= 0.6 is 0 Å². The molecule has 1 atom stereocenters. The second-order valence-corrected chi connectivity index (χ2v) is 4.90. The molecule has 110 valence electrons. The molecule has 0 spiro atoms. The van der Waals surface area contributed by atoms with E-state index in [4.69, 9.17) is 4.74 Å². The molecule has 0 N–H and O–H groups in total. The molecule has 0 bridgehead atoms. The third-order valence-corrected chi connectivity index (χ3v) is 2.98. The maximum absolute atomic E-state index is 11.7. The summed E-state index contributed by atoms with van der Waals surface area (Å²) < 4.78 is 5.05. The van der Waals surface area contributed by atoms with Crippen LogP contribution in [0.3, 0.4) is 0 Å². The van der Waals surface area contributed by atoms with E-state index in [0.717, 1.165) is 19.3 Å². The normalized spacial score (nSPS) is 11.9. The average Bonchev–Trinajstić information content (AvgIpc) is 2.32. The fourth-order valence-electron chi connectivity index (χ4n) is 2.00. The van der Waals surface area contributed by atoms with Crippen molar-refractivity contribution in [3.05, 3.63) is 0 Å². The van der Waals surface area contributed by atoms with Crippen LogP contribution in [0, 0.1) is 5.92 Å². The van der Waals surface area contributed by atoms with Gasteiger partial charge in [0.25, 0.3) is 0 Å². The van der Waals surface area contributed by atoms with Gasteiger partial charge in [-0.15, -0.1) is 0 Å². The van der Waals surface area contributed by atoms with Gasteiger partial charge in [-0.3, -0.25) is 14.4 Å². The molecule has 0 aliphatic heterocycles. The van der Waals surface area contributed by atoms with E-state index in [1.54, 1.807) is 6.92 Å². The van der Waals surface area contributed by atoms with Crippen molar-refractivity contribution in [2.24, 2.45) is 5.92 Å². The van der Waals surface area contributed by atoms with Gasteiger partial charge in [-0.05, 0) is 33.1 Å². The molecule has 0 saturated heterocycles. The van der Waals surface area contributed by atoms with Crippen molar-refractivity contribution >= 4 is 17.5 Å². The molecule has 1 unspecified atom stereocenters. The highest BCUT2D eigenvalue weighted by Gasteiger charge is 2.19. The number of Topliss-reactive ketones (excluding diaryl/α,β-unsaturated/α-hetero) is 2. The fourth-order valence-corrected chi connectivity index (χ4v) is 2.00. The Hall–Kier alpha value is -1.19. The second-order valence-electron chi connectivity index (χ2n) is 4.90. The van der Waals surface area contributed by atoms with Gasteiger partial charge < -0.3 is 4.74 Å². The van der Waals surface area contributed by atoms with E-state index in [9.17, 15) is 14.4 Å². The second kappa shape index (κ2) is 10.7. The van der Waals surface area contributed by atoms with Crippen molar-refractivity contribution in [2.45, 2.75) is 65.7 Å². The van der Waals surface area contributed by atoms with Crippen LogP contribution in [0.5, 0.6) is 0 Å². The molecule has 0 saturated carbocycles. The van der Waals surface area contributed by atoms with E-state index in [2.05, 4.69) is 6.92 Å². The van der Waals surface area contributed by atoms with Crippen LogP contribution in [-0.2, 0) is 19.1 Å². The number of unbranched alkanes of at least 4 members (excludes halogenated alkanes) is 1. The molecule has 0 aromatic rings. The van der Waals surface area contributed by atoms with E-state index in [1.807, 2.05) is 0 Å². The summed E-state index contributed by atoms with van der Waals surface area (Å²) in [4.78, 5) is 33.9. The summed E-state index contributed by atoms with van der Waals surface area (Å²) in [7, 11) is 0. The van der Waals surface area contributed by atoms with Gasteiger partial charge >= 0.3 is 5.97 Å². The topological polar surface area (TPSA) is 60.4 Å². The Morgan fingerprint density at radius 3 is 2.21 bits per heavy atom. The maximum Gasteiger partial charge on any atom is 0.308 e. The highest BCUT2D eigenvalue weighted by atomic mass is 16.5. The first-order chi connectivity index (χ1) is 9.01. The van der Waals surface area contributed by atoms with E-state index in [0.29, 0.717) is 25.9 Å². The van der Waals surface area contributed by atoms with Crippen LogP contribution in [0.4, 0.5) is 0 Å². The number of ether oxygens (including phenoxy) is 1. The highest BCUT2D eigenvalue weighted by molar-refractivity contribution is 5.97. The average molecular weight is 270 g/mol. The standard InChI is InChI=1S/C15H26O4/c1-4-6-8-13(15(18)19-5-2)9-7-10-14(17)11-12(3)16/h13H,4-11H2,1-3H3. The van der Waals surface area contributed by atoms with Gasteiger partial charge in [0.15, 0.2) is 0 Å². The minimum atomic E-state index is -0.157. The largest absolute Gasteiger partial charge is 0.466 e. The van der Waals surface area contributed by atoms with Gasteiger partial charge in [-0.2, -0.15) is 0 Å². The van der Waals surface area contributed by atoms with Gasteiger partial charge in [0, 0.05) is 6.42 Å². The van der Waals surface area contributed by atoms with Gasteiger partial charge in [-0.25, -0.2) is 0 Å². The lowest BCUT2D eigenvalue weighted by Crippen LogP contribution is -2.18. The van der Waals surface area contributed by atoms with Gasteiger partial charge in [0.2, 0.25) is 0 Å². The number of hydrogen-bond donors (Lipinski definition) is 0. The quantitative estimate of drug-likeness (QED) is 0.427. The first-order valence-corrected chi connectivity index (χ1v) is 7.19. The number of ketones is 2. The predicted octanol–water partition coefficient (Wildman–Crippen LogP) is 3.07. The van der Waals surface area contributed by atoms with Gasteiger partial charge in [0.1, 0.15) is 11.6 Å². The number of carbonyl (C=O) groups excluding carboxylic acids is 3. The number of carbonyl (C=O) groups is 3. The van der Waals surface area contributed by atoms with Crippen molar-refractivity contribution in [3.8, 4) is 0 Å². The SMILES string of the molecule is CCCCC(CCCC(=O)CC(C)=O)C(=O)OCC. The molecule has 0 rings (SSSR count). The Morgan fingerprint density at radius 2 is 1.68 bits per heavy atom. The maximum atomic E-state index is 11.7. The number of rotatable bonds is 11. The van der Waals surface area contributed by atoms with Crippen LogP contribution < -0.4 is 0 Å². The lowest BCUT2D eigenvalue weighted by atomic mass is 9.95. The molecule has 0 aliphatic rings. The lowest BCUT2D eigenvalue weighted by molar-refractivity contribution is -0.148. The Balaban J connectivity index is 4.07. The van der Waals surface area contributed by atoms with Crippen LogP contribution in [-0.4, -0.2) is 24.1 Å². The first-order valence-electron chi connectivity index (χ1n) is 7.19. The van der Waals surface area contributed by atoms with E-state index in [-0.39, 0.29) is 29.9 Å². The molecular weight excluding hydrogens is 244 g/mol. The Bertz CT molecular complexity index is 297. The monoisotopic (exact) mass is 270 g/mol. The van der Waals surface area contributed by atoms with Crippen molar-refractivity contribution in [1.82, 2.24) is 0 Å². The zero-order valence-corrected chi connectivity index (χ0v) is 12.4. The summed E-state index contributed by atoms with van der Waals surface area (Å²) in [6.45, 7) is 5.69. The van der Waals surface area contributed by atoms with Gasteiger partial charge in [0.05, 0.1) is 18.9 Å². The van der Waals surface area contributed by atoms with Crippen LogP contribution in [0.25, 0.3) is 0 Å². The minimum absolute atomic E-state index is 0.0129. The number of hydrogen-bond acceptors (Lipinski definition) is 4. The zero-order chi connectivity index (χ0) is 14.7. The summed E-state index contributed by atoms with van der Waals surface area (Å²) in [5.41, 5.74) is 0. The first kappa shape index (κ1) is 17.8. The van der Waals surface area contributed by atoms with Gasteiger partial charge in [-0.1, -0.05) is 19.8 Å². The molecule has 0 aliphatic carbocycles. The molecule has 0 radical (unpaired) electrons. The lowest BCUT2D eigenvalue weighted by Gasteiger charge is -2.14. The van der Waals surface area contributed by atoms with E-state index >= 15 is 0 Å². The van der Waals surface area contributed by atoms with Crippen LogP contribution in [0.15, 0.2) is 0 Å². The molecular formula is C15H26O4. The third-order valence-electron chi connectivity index (χ3n) is 2.98. The summed E-state index contributed by atoms with van der Waals surface area (Å²) in [5, 5.41) is 0. The molecule has 4 heteroatoms. The molecule has 0 amide bonds. The highest BCUT2D eigenvalue weighted by Crippen LogP contribution is 2.18. The van der Waals surface area contributed by atoms with E-state index in [1.165, 1.54) is 6.92 Å². The van der Waals surface area contributed by atoms with E-state index < -0.39 is 0 Å². The number of esters is 1. The summed E-state index contributed by atoms with van der Waals surface area (Å²) >= 11 is 0. The Kier molecular flexibility index (Phi) is 10.0. The molecule has 0 heterocycles. The van der Waals surface area contributed by atoms with Crippen molar-refractivity contribution < 1.29 is 19.1 Å². The molecule has 0 aromatic heterocycles. The fraction of sp³-hybridized carbons (Fsp3) is 0.800. The summed E-state index contributed by atoms with van der Waals surface area (Å²) in [6.07, 6.45) is 4.56. The van der Waals surface area contributed by atoms with Crippen molar-refractivity contribution in [2.75, 3.05) is 6.61 Å². The Labute approximate surface area is 115 Å². The van der Waals surface area contributed by atoms with Crippen molar-refractivity contribution in [3.63, 3.8) is 0 Å². The van der Waals surface area contributed by atoms with Crippen molar-refractivity contribution in [1.29, 1.82) is 0 Å². The predicted molar refractivity (Wildman–Crippen MR) is 73.8 cm³/mol. The Morgan fingerprint density at radius 1 is 1.05 bits per heavy atom. The third kappa shape index (κ3) is 9.40. The summed E-state index contributed by atoms with van der Waals surface area (Å²) in [6, 6.07) is 0. The minimum Gasteiger partial charge on any atom is -0.466 e. The van der Waals surface area contributed by atoms with Crippen LogP contribution in [0.2, 0.25) is 0 Å². The summed E-state index contributed by atoms with van der Waals surface area (Å²) in [5.74, 6) is -0.400.